The summed E-state index contributed by atoms with van der Waals surface area (Å²) in [5, 5.41) is 4.76. The highest BCUT2D eigenvalue weighted by Crippen LogP contribution is 2.62. The van der Waals surface area contributed by atoms with Gasteiger partial charge in [-0.3, -0.25) is 0 Å². The number of nitrogens with zero attached hydrogens (tertiary/aromatic N) is 1. The van der Waals surface area contributed by atoms with Crippen LogP contribution in [-0.2, 0) is 27.1 Å². The minimum atomic E-state index is -0.370. The SMILES string of the molecule is CCCCCCCC1(CCCCCCC)c2ccccc2-c2ccc(-c3ccc4c(c3)C(C)(C)c3cc(-c5cc6c(c7c5oc5ccccc57)-c5ccc(N(c7ccc8c(c7)C(C)(C)c7cc9c(cc7-8)C(C)(C)c7ccc8oc%10ccccc%10c8c7-9)c7ccc(C)cc7C)cc5C6(C)C)ccc3-4)cc21. The molecule has 5 aliphatic rings. The third kappa shape index (κ3) is 9.32. The van der Waals surface area contributed by atoms with Crippen LogP contribution >= 0.6 is 0 Å². The zero-order chi connectivity index (χ0) is 71.1. The van der Waals surface area contributed by atoms with E-state index >= 15 is 0 Å². The number of para-hydroxylation sites is 2. The standard InChI is InChI=1S/C101H95NO2/c1-13-15-17-19-27-49-101(50-28-20-18-16-14-2)78-32-24-21-29-67(78)70-42-37-63(53-86(70)101)62-36-41-68-69-43-38-64(54-81(69)98(7,8)80(68)52-62)75-57-87-92(95-74-31-23-26-34-90(74)104-96(75)95)72-45-40-66(56-83(72)100(87,11)12)102(88-47-35-60(3)51-61(88)4)65-39-44-71-76-58-85-77(59-84(76)99(9,10)82(71)55-65)93-79(97(85,5)6)46-48-91-94(93)73-30-22-25-33-89(73)103-91/h21-26,29-48,51-59H,13-20,27-28,49-50H2,1-12H3. The largest absolute Gasteiger partial charge is 0.456 e. The van der Waals surface area contributed by atoms with Crippen molar-refractivity contribution in [2.75, 3.05) is 4.90 Å². The molecule has 0 spiro atoms. The molecule has 0 amide bonds. The van der Waals surface area contributed by atoms with Gasteiger partial charge in [0.2, 0.25) is 0 Å². The van der Waals surface area contributed by atoms with E-state index < -0.39 is 0 Å². The van der Waals surface area contributed by atoms with Crippen LogP contribution in [0.1, 0.15) is 213 Å². The molecule has 0 saturated heterocycles. The number of anilines is 3. The van der Waals surface area contributed by atoms with Gasteiger partial charge in [0.25, 0.3) is 0 Å². The smallest absolute Gasteiger partial charge is 0.143 e. The molecule has 3 nitrogen and oxygen atoms in total. The lowest BCUT2D eigenvalue weighted by atomic mass is 9.70. The summed E-state index contributed by atoms with van der Waals surface area (Å²) in [5.41, 5.74) is 41.0. The van der Waals surface area contributed by atoms with Gasteiger partial charge in [0.15, 0.2) is 0 Å². The molecule has 5 aliphatic carbocycles. The Morgan fingerprint density at radius 1 is 0.308 bits per heavy atom. The third-order valence-corrected chi connectivity index (χ3v) is 26.3. The summed E-state index contributed by atoms with van der Waals surface area (Å²) >= 11 is 0. The van der Waals surface area contributed by atoms with Gasteiger partial charge in [0.1, 0.15) is 22.3 Å². The summed E-state index contributed by atoms with van der Waals surface area (Å²) in [5.74, 6) is 0. The van der Waals surface area contributed by atoms with Gasteiger partial charge in [-0.1, -0.05) is 266 Å². The minimum Gasteiger partial charge on any atom is -0.456 e. The maximum atomic E-state index is 7.23. The minimum absolute atomic E-state index is 0.0341. The lowest BCUT2D eigenvalue weighted by Crippen LogP contribution is -2.25. The Kier molecular flexibility index (Phi) is 14.7. The van der Waals surface area contributed by atoms with E-state index in [9.17, 15) is 0 Å². The average molecular weight is 1350 g/mol. The Hall–Kier alpha value is -9.96. The van der Waals surface area contributed by atoms with Gasteiger partial charge in [0.05, 0.1) is 0 Å². The molecular formula is C101H95NO2. The molecule has 3 heteroatoms. The summed E-state index contributed by atoms with van der Waals surface area (Å²) in [6.07, 6.45) is 15.4. The van der Waals surface area contributed by atoms with Crippen molar-refractivity contribution in [3.05, 3.63) is 279 Å². The molecule has 0 N–H and O–H groups in total. The number of unbranched alkanes of at least 4 members (excludes halogenated alkanes) is 8. The second-order valence-electron chi connectivity index (χ2n) is 33.9. The second kappa shape index (κ2) is 23.5. The highest BCUT2D eigenvalue weighted by molar-refractivity contribution is 6.19. The molecule has 104 heavy (non-hydrogen) atoms. The van der Waals surface area contributed by atoms with Crippen LogP contribution in [0.4, 0.5) is 17.1 Å². The van der Waals surface area contributed by atoms with Crippen molar-refractivity contribution in [3.8, 4) is 77.9 Å². The van der Waals surface area contributed by atoms with Gasteiger partial charge in [-0.25, -0.2) is 0 Å². The first-order valence-electron chi connectivity index (χ1n) is 39.2. The third-order valence-electron chi connectivity index (χ3n) is 26.3. The molecule has 0 radical (unpaired) electrons. The first-order valence-corrected chi connectivity index (χ1v) is 39.2. The van der Waals surface area contributed by atoms with Crippen molar-refractivity contribution in [1.29, 1.82) is 0 Å². The fourth-order valence-electron chi connectivity index (χ4n) is 20.8. The van der Waals surface area contributed by atoms with Gasteiger partial charge in [0, 0.05) is 71.2 Å². The number of benzene rings is 12. The number of aryl methyl sites for hydroxylation is 2. The van der Waals surface area contributed by atoms with Crippen molar-refractivity contribution < 1.29 is 8.83 Å². The van der Waals surface area contributed by atoms with E-state index in [1.165, 1.54) is 227 Å². The highest BCUT2D eigenvalue weighted by Gasteiger charge is 2.46. The summed E-state index contributed by atoms with van der Waals surface area (Å²) < 4.78 is 13.8. The molecule has 0 saturated carbocycles. The molecule has 14 aromatic rings. The summed E-state index contributed by atoms with van der Waals surface area (Å²) in [4.78, 5) is 2.54. The molecule has 0 atom stereocenters. The number of hydrogen-bond donors (Lipinski definition) is 0. The van der Waals surface area contributed by atoms with Gasteiger partial charge >= 0.3 is 0 Å². The van der Waals surface area contributed by atoms with E-state index in [0.717, 1.165) is 44.7 Å². The lowest BCUT2D eigenvalue weighted by molar-refractivity contribution is 0.399. The summed E-state index contributed by atoms with van der Waals surface area (Å²) in [6, 6.07) is 82.7. The normalized spacial score (nSPS) is 15.8. The summed E-state index contributed by atoms with van der Waals surface area (Å²) in [7, 11) is 0. The van der Waals surface area contributed by atoms with Crippen LogP contribution in [0.5, 0.6) is 0 Å². The number of hydrogen-bond acceptors (Lipinski definition) is 3. The van der Waals surface area contributed by atoms with E-state index in [2.05, 4.69) is 300 Å². The van der Waals surface area contributed by atoms with E-state index in [-0.39, 0.29) is 27.1 Å². The monoisotopic (exact) mass is 1350 g/mol. The quantitative estimate of drug-likeness (QED) is 0.0851. The second-order valence-corrected chi connectivity index (χ2v) is 33.9. The number of furan rings is 2. The lowest BCUT2D eigenvalue weighted by Gasteiger charge is -2.33. The topological polar surface area (TPSA) is 29.5 Å². The van der Waals surface area contributed by atoms with Gasteiger partial charge in [-0.05, 0) is 245 Å². The van der Waals surface area contributed by atoms with Gasteiger partial charge in [-0.15, -0.1) is 0 Å². The predicted octanol–water partition coefficient (Wildman–Crippen LogP) is 29.1. The van der Waals surface area contributed by atoms with Crippen LogP contribution in [0.3, 0.4) is 0 Å². The first-order chi connectivity index (χ1) is 50.3. The molecule has 0 bridgehead atoms. The van der Waals surface area contributed by atoms with Crippen molar-refractivity contribution in [1.82, 2.24) is 0 Å². The molecule has 0 unspecified atom stereocenters. The highest BCUT2D eigenvalue weighted by atomic mass is 16.3. The van der Waals surface area contributed by atoms with Gasteiger partial charge in [-0.2, -0.15) is 0 Å². The van der Waals surface area contributed by atoms with Crippen molar-refractivity contribution in [2.45, 2.75) is 187 Å². The maximum Gasteiger partial charge on any atom is 0.143 e. The van der Waals surface area contributed by atoms with E-state index in [0.29, 0.717) is 0 Å². The van der Waals surface area contributed by atoms with Crippen LogP contribution in [0.25, 0.3) is 122 Å². The molecule has 2 aromatic heterocycles. The van der Waals surface area contributed by atoms with Crippen LogP contribution in [-0.4, -0.2) is 0 Å². The van der Waals surface area contributed by atoms with Crippen molar-refractivity contribution >= 4 is 60.9 Å². The van der Waals surface area contributed by atoms with E-state index in [1.807, 2.05) is 0 Å². The average Bonchev–Trinajstić information content (AvgIpc) is 1.54. The number of rotatable bonds is 17. The Balaban J connectivity index is 0.685. The van der Waals surface area contributed by atoms with Crippen molar-refractivity contribution in [3.63, 3.8) is 0 Å². The molecule has 2 heterocycles. The maximum absolute atomic E-state index is 7.23. The Morgan fingerprint density at radius 3 is 1.45 bits per heavy atom. The fourth-order valence-corrected chi connectivity index (χ4v) is 20.8. The van der Waals surface area contributed by atoms with Crippen molar-refractivity contribution in [2.24, 2.45) is 0 Å². The fraction of sp³-hybridized carbons (Fsp3) is 0.287. The molecule has 516 valence electrons. The first kappa shape index (κ1) is 64.8. The van der Waals surface area contributed by atoms with Crippen LogP contribution in [0.15, 0.2) is 221 Å². The Morgan fingerprint density at radius 2 is 0.779 bits per heavy atom. The zero-order valence-electron chi connectivity index (χ0n) is 63.0. The number of fused-ring (bicyclic) bond motifs is 23. The Bertz CT molecular complexity index is 5930. The molecule has 0 aliphatic heterocycles. The molecular weight excluding hydrogens is 1260 g/mol. The van der Waals surface area contributed by atoms with Crippen LogP contribution in [0.2, 0.25) is 0 Å². The predicted molar refractivity (Wildman–Crippen MR) is 439 cm³/mol. The zero-order valence-corrected chi connectivity index (χ0v) is 63.0. The molecule has 19 rings (SSSR count). The van der Waals surface area contributed by atoms with E-state index in [4.69, 9.17) is 8.83 Å². The van der Waals surface area contributed by atoms with Crippen LogP contribution in [0, 0.1) is 13.8 Å². The van der Waals surface area contributed by atoms with Crippen LogP contribution < -0.4 is 4.90 Å². The molecule has 12 aromatic carbocycles. The van der Waals surface area contributed by atoms with Gasteiger partial charge < -0.3 is 13.7 Å². The summed E-state index contributed by atoms with van der Waals surface area (Å²) in [6.45, 7) is 28.7. The molecule has 0 fully saturated rings. The van der Waals surface area contributed by atoms with E-state index in [1.54, 1.807) is 11.1 Å². The Labute approximate surface area is 615 Å².